The van der Waals surface area contributed by atoms with Crippen LogP contribution < -0.4 is 10.9 Å². The molecule has 1 atom stereocenters. The third kappa shape index (κ3) is 1.75. The van der Waals surface area contributed by atoms with E-state index in [1.807, 2.05) is 18.2 Å². The molecule has 3 N–H and O–H groups in total. The van der Waals surface area contributed by atoms with Crippen LogP contribution in [0.25, 0.3) is 0 Å². The smallest absolute Gasteiger partial charge is 0.270 e. The number of nitrogens with one attached hydrogen (secondary N) is 3. The minimum atomic E-state index is -0.389. The predicted molar refractivity (Wildman–Crippen MR) is 77.0 cm³/mol. The first kappa shape index (κ1) is 12.1. The Morgan fingerprint density at radius 2 is 2.05 bits per heavy atom. The Morgan fingerprint density at radius 3 is 2.86 bits per heavy atom. The molecule has 0 saturated carbocycles. The third-order valence-electron chi connectivity index (χ3n) is 4.11. The maximum Gasteiger partial charge on any atom is 0.270 e. The number of carbonyl (C=O) groups is 1. The second-order valence-corrected chi connectivity index (χ2v) is 5.35. The largest absolute Gasteiger partial charge is 0.343 e. The molecule has 106 valence electrons. The molecule has 3 heterocycles. The average molecular weight is 282 g/mol. The number of rotatable bonds is 1. The van der Waals surface area contributed by atoms with Gasteiger partial charge in [-0.05, 0) is 25.0 Å². The molecule has 0 amide bonds. The number of hydrogen-bond acceptors (Lipinski definition) is 4. The minimum Gasteiger partial charge on any atom is -0.343 e. The molecule has 1 aliphatic carbocycles. The fourth-order valence-corrected chi connectivity index (χ4v) is 3.21. The van der Waals surface area contributed by atoms with Crippen LogP contribution in [-0.2, 0) is 4.79 Å². The molecule has 0 radical (unpaired) electrons. The van der Waals surface area contributed by atoms with Gasteiger partial charge in [0.2, 0.25) is 0 Å². The third-order valence-corrected chi connectivity index (χ3v) is 4.11. The summed E-state index contributed by atoms with van der Waals surface area (Å²) in [7, 11) is 0. The van der Waals surface area contributed by atoms with Crippen molar-refractivity contribution in [3.8, 4) is 0 Å². The highest BCUT2D eigenvalue weighted by Crippen LogP contribution is 2.42. The van der Waals surface area contributed by atoms with Gasteiger partial charge >= 0.3 is 0 Å². The lowest BCUT2D eigenvalue weighted by Crippen LogP contribution is -2.29. The summed E-state index contributed by atoms with van der Waals surface area (Å²) in [6.45, 7) is 0. The van der Waals surface area contributed by atoms with E-state index in [1.54, 1.807) is 6.20 Å². The van der Waals surface area contributed by atoms with Gasteiger partial charge in [0.25, 0.3) is 5.56 Å². The zero-order chi connectivity index (χ0) is 14.4. The number of hydrogen-bond donors (Lipinski definition) is 3. The highest BCUT2D eigenvalue weighted by atomic mass is 16.1. The zero-order valence-corrected chi connectivity index (χ0v) is 11.3. The molecule has 0 saturated heterocycles. The molecule has 2 aliphatic rings. The van der Waals surface area contributed by atoms with Crippen LogP contribution >= 0.6 is 0 Å². The second-order valence-electron chi connectivity index (χ2n) is 5.35. The number of allylic oxidation sites excluding steroid dienone is 2. The van der Waals surface area contributed by atoms with Crippen LogP contribution in [0.15, 0.2) is 40.5 Å². The maximum atomic E-state index is 12.4. The van der Waals surface area contributed by atoms with Crippen LogP contribution in [-0.4, -0.2) is 21.0 Å². The van der Waals surface area contributed by atoms with Crippen molar-refractivity contribution in [3.05, 3.63) is 57.3 Å². The molecule has 1 aliphatic heterocycles. The summed E-state index contributed by atoms with van der Waals surface area (Å²) in [4.78, 5) is 28.9. The fourth-order valence-electron chi connectivity index (χ4n) is 3.21. The molecule has 0 spiro atoms. The number of nitrogens with zero attached hydrogens (tertiary/aromatic N) is 1. The summed E-state index contributed by atoms with van der Waals surface area (Å²) in [6, 6.07) is 5.56. The van der Waals surface area contributed by atoms with E-state index in [9.17, 15) is 9.59 Å². The van der Waals surface area contributed by atoms with E-state index in [4.69, 9.17) is 0 Å². The van der Waals surface area contributed by atoms with Gasteiger partial charge in [-0.3, -0.25) is 24.8 Å². The first-order valence-electron chi connectivity index (χ1n) is 7.00. The molecular formula is C15H14N4O2. The van der Waals surface area contributed by atoms with E-state index in [1.165, 1.54) is 0 Å². The van der Waals surface area contributed by atoms with Crippen molar-refractivity contribution in [3.63, 3.8) is 0 Å². The Hall–Kier alpha value is -2.63. The Labute approximate surface area is 120 Å². The highest BCUT2D eigenvalue weighted by Gasteiger charge is 2.38. The van der Waals surface area contributed by atoms with E-state index in [2.05, 4.69) is 20.5 Å². The Bertz CT molecular complexity index is 801. The standard InChI is InChI=1S/C15H14N4O2/c20-10-6-3-5-9-11(10)12(8-4-1-2-7-16-8)13-14(17-9)18-19-15(13)21/h1-2,4,7,12H,3,5-6H2,(H3,17,18,19,21)/t12-/m0/s1. The number of aromatic amines is 2. The lowest BCUT2D eigenvalue weighted by molar-refractivity contribution is -0.116. The summed E-state index contributed by atoms with van der Waals surface area (Å²) in [6.07, 6.45) is 3.87. The van der Waals surface area contributed by atoms with Crippen LogP contribution in [0.5, 0.6) is 0 Å². The van der Waals surface area contributed by atoms with Crippen LogP contribution in [0, 0.1) is 0 Å². The molecule has 6 nitrogen and oxygen atoms in total. The number of fused-ring (bicyclic) bond motifs is 1. The predicted octanol–water partition coefficient (Wildman–Crippen LogP) is 1.66. The Morgan fingerprint density at radius 1 is 1.14 bits per heavy atom. The minimum absolute atomic E-state index is 0.102. The van der Waals surface area contributed by atoms with E-state index in [0.717, 1.165) is 24.2 Å². The van der Waals surface area contributed by atoms with Gasteiger partial charge < -0.3 is 5.32 Å². The zero-order valence-electron chi connectivity index (χ0n) is 11.3. The molecule has 21 heavy (non-hydrogen) atoms. The van der Waals surface area contributed by atoms with Crippen LogP contribution in [0.2, 0.25) is 0 Å². The van der Waals surface area contributed by atoms with Crippen molar-refractivity contribution in [2.24, 2.45) is 0 Å². The lowest BCUT2D eigenvalue weighted by Gasteiger charge is -2.30. The van der Waals surface area contributed by atoms with Crippen LogP contribution in [0.4, 0.5) is 5.82 Å². The number of carbonyl (C=O) groups excluding carboxylic acids is 1. The topological polar surface area (TPSA) is 90.6 Å². The fraction of sp³-hybridized carbons (Fsp3) is 0.267. The van der Waals surface area contributed by atoms with Crippen molar-refractivity contribution in [2.75, 3.05) is 5.32 Å². The summed E-state index contributed by atoms with van der Waals surface area (Å²) < 4.78 is 0. The summed E-state index contributed by atoms with van der Waals surface area (Å²) in [5.74, 6) is 0.356. The average Bonchev–Trinajstić information content (AvgIpc) is 2.88. The number of pyridine rings is 1. The highest BCUT2D eigenvalue weighted by molar-refractivity contribution is 6.00. The van der Waals surface area contributed by atoms with Gasteiger partial charge in [-0.15, -0.1) is 0 Å². The molecule has 0 aromatic carbocycles. The molecule has 2 aromatic heterocycles. The molecule has 0 bridgehead atoms. The van der Waals surface area contributed by atoms with Gasteiger partial charge in [-0.1, -0.05) is 6.07 Å². The van der Waals surface area contributed by atoms with Gasteiger partial charge in [0.1, 0.15) is 5.82 Å². The quantitative estimate of drug-likeness (QED) is 0.742. The van der Waals surface area contributed by atoms with Gasteiger partial charge in [-0.25, -0.2) is 0 Å². The van der Waals surface area contributed by atoms with Crippen molar-refractivity contribution in [2.45, 2.75) is 25.2 Å². The van der Waals surface area contributed by atoms with Crippen molar-refractivity contribution in [1.82, 2.24) is 15.2 Å². The van der Waals surface area contributed by atoms with Crippen LogP contribution in [0.1, 0.15) is 36.4 Å². The van der Waals surface area contributed by atoms with E-state index >= 15 is 0 Å². The molecule has 0 fully saturated rings. The van der Waals surface area contributed by atoms with Crippen molar-refractivity contribution >= 4 is 11.6 Å². The molecule has 0 unspecified atom stereocenters. The first-order chi connectivity index (χ1) is 10.3. The van der Waals surface area contributed by atoms with Crippen molar-refractivity contribution in [1.29, 1.82) is 0 Å². The summed E-state index contributed by atoms with van der Waals surface area (Å²) in [5.41, 5.74) is 2.66. The van der Waals surface area contributed by atoms with Gasteiger partial charge in [-0.2, -0.15) is 0 Å². The number of H-pyrrole nitrogens is 2. The van der Waals surface area contributed by atoms with Crippen molar-refractivity contribution < 1.29 is 4.79 Å². The normalized spacial score (nSPS) is 20.8. The maximum absolute atomic E-state index is 12.4. The summed E-state index contributed by atoms with van der Waals surface area (Å²) >= 11 is 0. The number of ketones is 1. The number of aromatic nitrogens is 3. The second kappa shape index (κ2) is 4.44. The lowest BCUT2D eigenvalue weighted by atomic mass is 9.78. The van der Waals surface area contributed by atoms with Gasteiger partial charge in [0.05, 0.1) is 17.2 Å². The van der Waals surface area contributed by atoms with Gasteiger partial charge in [0.15, 0.2) is 5.78 Å². The van der Waals surface area contributed by atoms with Crippen LogP contribution in [0.3, 0.4) is 0 Å². The molecule has 2 aromatic rings. The van der Waals surface area contributed by atoms with E-state index in [-0.39, 0.29) is 17.3 Å². The monoisotopic (exact) mass is 282 g/mol. The molecular weight excluding hydrogens is 268 g/mol. The Kier molecular flexibility index (Phi) is 2.57. The molecule has 6 heteroatoms. The van der Waals surface area contributed by atoms with E-state index < -0.39 is 0 Å². The Balaban J connectivity index is 1.98. The molecule has 4 rings (SSSR count). The van der Waals surface area contributed by atoms with E-state index in [0.29, 0.717) is 23.4 Å². The first-order valence-corrected chi connectivity index (χ1v) is 7.00. The van der Waals surface area contributed by atoms with Gasteiger partial charge in [0, 0.05) is 23.9 Å². The SMILES string of the molecule is O=C1CCCC2=C1[C@H](c1ccccn1)c1c([nH][nH]c1=O)N2. The number of anilines is 1. The number of Topliss-reactive ketones (excluding diaryl/α,β-unsaturated/α-hetero) is 1. The summed E-state index contributed by atoms with van der Waals surface area (Å²) in [5, 5.41) is 8.64.